The molecule has 1 heterocycles. The lowest BCUT2D eigenvalue weighted by molar-refractivity contribution is 0.0644. The molecule has 0 saturated carbocycles. The van der Waals surface area contributed by atoms with Crippen molar-refractivity contribution in [2.45, 2.75) is 12.5 Å². The molecule has 1 aromatic rings. The van der Waals surface area contributed by atoms with E-state index in [4.69, 9.17) is 16.3 Å². The monoisotopic (exact) mass is 303 g/mol. The maximum absolute atomic E-state index is 13.0. The summed E-state index contributed by atoms with van der Waals surface area (Å²) < 4.78 is 18.6. The van der Waals surface area contributed by atoms with E-state index >= 15 is 0 Å². The van der Waals surface area contributed by atoms with Crippen LogP contribution in [0.5, 0.6) is 0 Å². The zero-order chi connectivity index (χ0) is 15.0. The molecule has 112 valence electrons. The minimum absolute atomic E-state index is 0.0260. The van der Waals surface area contributed by atoms with Crippen molar-refractivity contribution < 1.29 is 13.9 Å². The molecule has 0 spiro atoms. The van der Waals surface area contributed by atoms with Gasteiger partial charge in [0.2, 0.25) is 0 Å². The maximum Gasteiger partial charge on any atom is 0.311 e. The van der Waals surface area contributed by atoms with E-state index in [-0.39, 0.29) is 16.9 Å². The van der Waals surface area contributed by atoms with Crippen LogP contribution in [0.4, 0.5) is 9.18 Å². The van der Waals surface area contributed by atoms with Gasteiger partial charge in [0.1, 0.15) is 5.82 Å². The summed E-state index contributed by atoms with van der Waals surface area (Å²) in [7, 11) is 1.47. The van der Waals surface area contributed by atoms with Gasteiger partial charge in [-0.05, 0) is 30.7 Å². The van der Waals surface area contributed by atoms with E-state index in [1.54, 1.807) is 12.1 Å². The second kappa shape index (κ2) is 8.73. The molecule has 1 unspecified atom stereocenters. The van der Waals surface area contributed by atoms with Gasteiger partial charge in [0, 0.05) is 13.6 Å². The van der Waals surface area contributed by atoms with Gasteiger partial charge in [-0.15, -0.1) is 0 Å². The van der Waals surface area contributed by atoms with Gasteiger partial charge in [-0.25, -0.2) is 9.18 Å². The molecule has 0 aliphatic carbocycles. The van der Waals surface area contributed by atoms with E-state index in [1.165, 1.54) is 13.1 Å². The summed E-state index contributed by atoms with van der Waals surface area (Å²) in [6.07, 6.45) is 0.917. The number of amides is 2. The minimum atomic E-state index is -0.495. The Morgan fingerprint density at radius 3 is 2.85 bits per heavy atom. The number of nitrogens with one attached hydrogen (secondary N) is 2. The van der Waals surface area contributed by atoms with Crippen molar-refractivity contribution >= 4 is 17.6 Å². The van der Waals surface area contributed by atoms with Crippen LogP contribution in [-0.2, 0) is 4.74 Å². The third kappa shape index (κ3) is 5.73. The molecule has 0 bridgehead atoms. The van der Waals surface area contributed by atoms with Crippen LogP contribution in [0.1, 0.15) is 18.1 Å². The van der Waals surface area contributed by atoms with Gasteiger partial charge in [-0.3, -0.25) is 0 Å². The van der Waals surface area contributed by atoms with Crippen LogP contribution in [0.2, 0.25) is 5.02 Å². The number of primary amides is 1. The van der Waals surface area contributed by atoms with Crippen LogP contribution in [0, 0.1) is 5.82 Å². The van der Waals surface area contributed by atoms with Crippen LogP contribution < -0.4 is 16.4 Å². The first-order chi connectivity index (χ1) is 9.54. The standard InChI is InChI=1S/C11H13ClFNO.C2H6N2O/c12-9-7-8(1-2-10(9)13)11-3-4-14-5-6-15-11;1-4-2(3)5/h1-2,7,11,14H,3-6H2;1H3,(H3,3,4,5). The molecule has 1 aliphatic rings. The summed E-state index contributed by atoms with van der Waals surface area (Å²) >= 11 is 5.73. The lowest BCUT2D eigenvalue weighted by Gasteiger charge is -2.15. The van der Waals surface area contributed by atoms with Gasteiger partial charge in [-0.2, -0.15) is 0 Å². The Balaban J connectivity index is 0.000000347. The third-order valence-electron chi connectivity index (χ3n) is 2.74. The Bertz CT molecular complexity index is 438. The number of hydrogen-bond donors (Lipinski definition) is 3. The van der Waals surface area contributed by atoms with Gasteiger partial charge < -0.3 is 21.1 Å². The fourth-order valence-electron chi connectivity index (χ4n) is 1.69. The van der Waals surface area contributed by atoms with Gasteiger partial charge in [0.25, 0.3) is 0 Å². The molecule has 1 atom stereocenters. The summed E-state index contributed by atoms with van der Waals surface area (Å²) in [6, 6.07) is 4.27. The minimum Gasteiger partial charge on any atom is -0.372 e. The van der Waals surface area contributed by atoms with Gasteiger partial charge in [0.15, 0.2) is 0 Å². The molecule has 0 aromatic heterocycles. The number of halogens is 2. The number of nitrogens with two attached hydrogens (primary N) is 1. The quantitative estimate of drug-likeness (QED) is 0.740. The van der Waals surface area contributed by atoms with Crippen LogP contribution >= 0.6 is 11.6 Å². The number of carbonyl (C=O) groups excluding carboxylic acids is 1. The lowest BCUT2D eigenvalue weighted by atomic mass is 10.1. The highest BCUT2D eigenvalue weighted by Gasteiger charge is 2.15. The molecule has 2 amide bonds. The smallest absolute Gasteiger partial charge is 0.311 e. The molecule has 7 heteroatoms. The Morgan fingerprint density at radius 1 is 1.55 bits per heavy atom. The van der Waals surface area contributed by atoms with Crippen molar-refractivity contribution in [1.29, 1.82) is 0 Å². The van der Waals surface area contributed by atoms with E-state index in [0.717, 1.165) is 25.1 Å². The lowest BCUT2D eigenvalue weighted by Crippen LogP contribution is -2.24. The fraction of sp³-hybridized carbons (Fsp3) is 0.462. The van der Waals surface area contributed by atoms with E-state index in [1.807, 2.05) is 0 Å². The zero-order valence-electron chi connectivity index (χ0n) is 11.3. The summed E-state index contributed by atoms with van der Waals surface area (Å²) in [5, 5.41) is 5.57. The van der Waals surface area contributed by atoms with E-state index < -0.39 is 6.03 Å². The van der Waals surface area contributed by atoms with Crippen LogP contribution in [0.25, 0.3) is 0 Å². The normalized spacial score (nSPS) is 18.4. The van der Waals surface area contributed by atoms with Crippen LogP contribution in [0.15, 0.2) is 18.2 Å². The van der Waals surface area contributed by atoms with E-state index in [0.29, 0.717) is 6.61 Å². The number of carbonyl (C=O) groups is 1. The third-order valence-corrected chi connectivity index (χ3v) is 3.03. The predicted octanol–water partition coefficient (Wildman–Crippen LogP) is 1.81. The van der Waals surface area contributed by atoms with Gasteiger partial charge >= 0.3 is 6.03 Å². The highest BCUT2D eigenvalue weighted by atomic mass is 35.5. The predicted molar refractivity (Wildman–Crippen MR) is 76.2 cm³/mol. The van der Waals surface area contributed by atoms with Crippen LogP contribution in [0.3, 0.4) is 0 Å². The first-order valence-corrected chi connectivity index (χ1v) is 6.67. The summed E-state index contributed by atoms with van der Waals surface area (Å²) in [5.74, 6) is -0.382. The average molecular weight is 304 g/mol. The van der Waals surface area contributed by atoms with Crippen molar-refractivity contribution in [2.24, 2.45) is 5.73 Å². The zero-order valence-corrected chi connectivity index (χ0v) is 12.0. The van der Waals surface area contributed by atoms with E-state index in [9.17, 15) is 9.18 Å². The maximum atomic E-state index is 13.0. The molecule has 20 heavy (non-hydrogen) atoms. The van der Waals surface area contributed by atoms with Crippen molar-refractivity contribution in [2.75, 3.05) is 26.7 Å². The SMILES string of the molecule is CNC(N)=O.Fc1ccc(C2CCNCCO2)cc1Cl. The van der Waals surface area contributed by atoms with Crippen LogP contribution in [-0.4, -0.2) is 32.8 Å². The summed E-state index contributed by atoms with van der Waals surface area (Å²) in [5.41, 5.74) is 5.49. The Morgan fingerprint density at radius 2 is 2.25 bits per heavy atom. The second-order valence-corrected chi connectivity index (χ2v) is 4.59. The Labute approximate surface area is 122 Å². The molecule has 4 N–H and O–H groups in total. The molecule has 2 rings (SSSR count). The summed E-state index contributed by atoms with van der Waals surface area (Å²) in [4.78, 5) is 9.48. The molecule has 1 aliphatic heterocycles. The highest BCUT2D eigenvalue weighted by Crippen LogP contribution is 2.26. The molecular weight excluding hydrogens is 285 g/mol. The van der Waals surface area contributed by atoms with Gasteiger partial charge in [-0.1, -0.05) is 17.7 Å². The second-order valence-electron chi connectivity index (χ2n) is 4.19. The molecular formula is C13H19ClFN3O2. The highest BCUT2D eigenvalue weighted by molar-refractivity contribution is 6.30. The Kier molecular flexibility index (Phi) is 7.28. The van der Waals surface area contributed by atoms with Gasteiger partial charge in [0.05, 0.1) is 17.7 Å². The number of rotatable bonds is 1. The topological polar surface area (TPSA) is 76.4 Å². The largest absolute Gasteiger partial charge is 0.372 e. The first kappa shape index (κ1) is 16.7. The molecule has 1 fully saturated rings. The fourth-order valence-corrected chi connectivity index (χ4v) is 1.88. The molecule has 1 saturated heterocycles. The number of ether oxygens (including phenoxy) is 1. The van der Waals surface area contributed by atoms with Crippen molar-refractivity contribution in [1.82, 2.24) is 10.6 Å². The molecule has 5 nitrogen and oxygen atoms in total. The van der Waals surface area contributed by atoms with Crippen molar-refractivity contribution in [3.8, 4) is 0 Å². The van der Waals surface area contributed by atoms with E-state index in [2.05, 4.69) is 16.4 Å². The molecule has 1 aromatic carbocycles. The first-order valence-electron chi connectivity index (χ1n) is 6.29. The molecule has 0 radical (unpaired) electrons. The Hall–Kier alpha value is -1.37. The average Bonchev–Trinajstić information content (AvgIpc) is 2.71. The van der Waals surface area contributed by atoms with Crippen molar-refractivity contribution in [3.63, 3.8) is 0 Å². The van der Waals surface area contributed by atoms with Crippen molar-refractivity contribution in [3.05, 3.63) is 34.6 Å². The number of benzene rings is 1. The summed E-state index contributed by atoms with van der Waals surface area (Å²) in [6.45, 7) is 2.46. The number of urea groups is 1. The number of hydrogen-bond acceptors (Lipinski definition) is 3.